The second-order valence-corrected chi connectivity index (χ2v) is 15.1. The van der Waals surface area contributed by atoms with E-state index in [2.05, 4.69) is 198 Å². The zero-order valence-corrected chi connectivity index (χ0v) is 30.5. The lowest BCUT2D eigenvalue weighted by Crippen LogP contribution is -2.60. The fourth-order valence-corrected chi connectivity index (χ4v) is 9.65. The van der Waals surface area contributed by atoms with Gasteiger partial charge in [0.25, 0.3) is 0 Å². The van der Waals surface area contributed by atoms with Crippen LogP contribution >= 0.6 is 0 Å². The largest absolute Gasteiger partial charge is 0.456 e. The fourth-order valence-electron chi connectivity index (χ4n) is 9.65. The second-order valence-electron chi connectivity index (χ2n) is 15.1. The van der Waals surface area contributed by atoms with Gasteiger partial charge in [0.05, 0.1) is 11.0 Å². The maximum absolute atomic E-state index is 6.64. The van der Waals surface area contributed by atoms with E-state index < -0.39 is 0 Å². The minimum atomic E-state index is -0.0778. The summed E-state index contributed by atoms with van der Waals surface area (Å²) in [7, 11) is 0. The first-order chi connectivity index (χ1) is 27.1. The molecular weight excluding hydrogens is 669 g/mol. The Bertz CT molecular complexity index is 3160. The first kappa shape index (κ1) is 30.5. The number of benzene rings is 8. The third-order valence-electron chi connectivity index (χ3n) is 11.9. The molecule has 2 aromatic heterocycles. The van der Waals surface area contributed by atoms with Crippen LogP contribution in [0, 0.1) is 13.8 Å². The summed E-state index contributed by atoms with van der Waals surface area (Å²) in [6.07, 6.45) is 0. The van der Waals surface area contributed by atoms with Crippen molar-refractivity contribution >= 4 is 90.0 Å². The summed E-state index contributed by atoms with van der Waals surface area (Å²) in [6.45, 7) is 4.36. The van der Waals surface area contributed by atoms with Crippen molar-refractivity contribution in [1.82, 2.24) is 4.57 Å². The maximum Gasteiger partial charge on any atom is 0.333 e. The Morgan fingerprint density at radius 1 is 0.491 bits per heavy atom. The number of nitrogens with zero attached hydrogens (tertiary/aromatic N) is 3. The van der Waals surface area contributed by atoms with E-state index in [0.717, 1.165) is 44.6 Å². The molecule has 8 aromatic carbocycles. The lowest BCUT2D eigenvalue weighted by atomic mass is 9.44. The molecule has 0 radical (unpaired) electrons. The van der Waals surface area contributed by atoms with Crippen molar-refractivity contribution in [3.63, 3.8) is 0 Å². The van der Waals surface area contributed by atoms with Gasteiger partial charge in [0.15, 0.2) is 0 Å². The molecule has 0 saturated heterocycles. The molecule has 0 bridgehead atoms. The molecule has 0 aliphatic carbocycles. The minimum Gasteiger partial charge on any atom is -0.456 e. The van der Waals surface area contributed by atoms with E-state index in [4.69, 9.17) is 4.42 Å². The normalized spacial score (nSPS) is 12.8. The summed E-state index contributed by atoms with van der Waals surface area (Å²) in [5.41, 5.74) is 18.7. The van der Waals surface area contributed by atoms with Crippen molar-refractivity contribution in [2.24, 2.45) is 0 Å². The summed E-state index contributed by atoms with van der Waals surface area (Å²) < 4.78 is 9.18. The van der Waals surface area contributed by atoms with E-state index in [-0.39, 0.29) is 6.85 Å². The Morgan fingerprint density at radius 2 is 1.20 bits per heavy atom. The minimum absolute atomic E-state index is 0.0778. The molecule has 0 spiro atoms. The van der Waals surface area contributed by atoms with Crippen molar-refractivity contribution < 1.29 is 4.42 Å². The van der Waals surface area contributed by atoms with Gasteiger partial charge in [0, 0.05) is 61.2 Å². The molecule has 2 aliphatic heterocycles. The number of aromatic nitrogens is 1. The van der Waals surface area contributed by atoms with E-state index >= 15 is 0 Å². The van der Waals surface area contributed by atoms with Crippen LogP contribution in [0.2, 0.25) is 0 Å². The molecule has 4 heterocycles. The number of hydrogen-bond acceptors (Lipinski definition) is 3. The lowest BCUT2D eigenvalue weighted by molar-refractivity contribution is 0.669. The van der Waals surface area contributed by atoms with Crippen LogP contribution in [-0.4, -0.2) is 11.4 Å². The summed E-state index contributed by atoms with van der Waals surface area (Å²) in [4.78, 5) is 5.02. The van der Waals surface area contributed by atoms with Gasteiger partial charge < -0.3 is 18.7 Å². The lowest BCUT2D eigenvalue weighted by Gasteiger charge is -2.43. The summed E-state index contributed by atoms with van der Waals surface area (Å²) in [6, 6.07) is 62.1. The SMILES string of the molecule is Cc1ccc(N2B3c4c(cc(N(c5ccccc5)c5ccccc5)cc4-n4c5ccccc5c5cccc3c54)-c3cc4oc5ccccc5c4cc32)c(C)c1. The predicted molar refractivity (Wildman–Crippen MR) is 231 cm³/mol. The molecule has 55 heavy (non-hydrogen) atoms. The highest BCUT2D eigenvalue weighted by molar-refractivity contribution is 6.93. The van der Waals surface area contributed by atoms with E-state index in [1.807, 2.05) is 0 Å². The Kier molecular flexibility index (Phi) is 6.24. The van der Waals surface area contributed by atoms with Crippen molar-refractivity contribution in [2.45, 2.75) is 13.8 Å². The Hall–Kier alpha value is -6.98. The van der Waals surface area contributed by atoms with Crippen LogP contribution < -0.4 is 20.6 Å². The van der Waals surface area contributed by atoms with Crippen LogP contribution in [0.4, 0.5) is 28.4 Å². The molecule has 10 aromatic rings. The van der Waals surface area contributed by atoms with Gasteiger partial charge in [-0.3, -0.25) is 0 Å². The van der Waals surface area contributed by atoms with E-state index in [1.165, 1.54) is 66.5 Å². The van der Waals surface area contributed by atoms with Crippen molar-refractivity contribution in [1.29, 1.82) is 0 Å². The molecule has 258 valence electrons. The molecule has 0 amide bonds. The van der Waals surface area contributed by atoms with Gasteiger partial charge in [-0.1, -0.05) is 109 Å². The van der Waals surface area contributed by atoms with Gasteiger partial charge in [0.2, 0.25) is 0 Å². The van der Waals surface area contributed by atoms with Crippen molar-refractivity contribution in [2.75, 3.05) is 9.71 Å². The molecule has 5 heteroatoms. The van der Waals surface area contributed by atoms with E-state index in [9.17, 15) is 0 Å². The molecule has 4 nitrogen and oxygen atoms in total. The highest BCUT2D eigenvalue weighted by Gasteiger charge is 2.45. The third kappa shape index (κ3) is 4.24. The summed E-state index contributed by atoms with van der Waals surface area (Å²) in [5.74, 6) is 0. The number of anilines is 5. The van der Waals surface area contributed by atoms with E-state index in [0.29, 0.717) is 0 Å². The quantitative estimate of drug-likeness (QED) is 0.171. The highest BCUT2D eigenvalue weighted by Crippen LogP contribution is 2.49. The number of furan rings is 1. The topological polar surface area (TPSA) is 24.6 Å². The molecule has 0 N–H and O–H groups in total. The number of fused-ring (bicyclic) bond motifs is 10. The average Bonchev–Trinajstić information content (AvgIpc) is 3.76. The Morgan fingerprint density at radius 3 is 1.98 bits per heavy atom. The van der Waals surface area contributed by atoms with Gasteiger partial charge in [-0.05, 0) is 103 Å². The van der Waals surface area contributed by atoms with Crippen molar-refractivity contribution in [3.05, 3.63) is 181 Å². The maximum atomic E-state index is 6.64. The smallest absolute Gasteiger partial charge is 0.333 e. The van der Waals surface area contributed by atoms with Gasteiger partial charge in [-0.2, -0.15) is 0 Å². The van der Waals surface area contributed by atoms with Gasteiger partial charge in [-0.25, -0.2) is 0 Å². The Labute approximate surface area is 319 Å². The first-order valence-electron chi connectivity index (χ1n) is 19.1. The monoisotopic (exact) mass is 703 g/mol. The highest BCUT2D eigenvalue weighted by atomic mass is 16.3. The number of rotatable bonds is 4. The number of hydrogen-bond donors (Lipinski definition) is 0. The molecule has 0 fully saturated rings. The molecule has 12 rings (SSSR count). The van der Waals surface area contributed by atoms with Gasteiger partial charge >= 0.3 is 6.85 Å². The van der Waals surface area contributed by atoms with Crippen LogP contribution in [0.15, 0.2) is 174 Å². The van der Waals surface area contributed by atoms with Crippen LogP contribution in [0.1, 0.15) is 11.1 Å². The van der Waals surface area contributed by atoms with Crippen molar-refractivity contribution in [3.8, 4) is 16.8 Å². The first-order valence-corrected chi connectivity index (χ1v) is 19.1. The fraction of sp³-hybridized carbons (Fsp3) is 0.0400. The average molecular weight is 704 g/mol. The predicted octanol–water partition coefficient (Wildman–Crippen LogP) is 12.0. The third-order valence-corrected chi connectivity index (χ3v) is 11.9. The van der Waals surface area contributed by atoms with Crippen LogP contribution in [0.3, 0.4) is 0 Å². The number of aryl methyl sites for hydroxylation is 2. The zero-order chi connectivity index (χ0) is 36.4. The van der Waals surface area contributed by atoms with Gasteiger partial charge in [0.1, 0.15) is 11.2 Å². The van der Waals surface area contributed by atoms with Gasteiger partial charge in [-0.15, -0.1) is 0 Å². The van der Waals surface area contributed by atoms with Crippen LogP contribution in [0.25, 0.3) is 60.6 Å². The molecule has 0 unspecified atom stereocenters. The van der Waals surface area contributed by atoms with Crippen LogP contribution in [0.5, 0.6) is 0 Å². The second kappa shape index (κ2) is 11.3. The van der Waals surface area contributed by atoms with E-state index in [1.54, 1.807) is 0 Å². The Balaban J connectivity index is 1.27. The van der Waals surface area contributed by atoms with Crippen LogP contribution in [-0.2, 0) is 0 Å². The summed E-state index contributed by atoms with van der Waals surface area (Å²) in [5, 5.41) is 4.80. The number of para-hydroxylation sites is 5. The molecule has 0 saturated carbocycles. The molecular formula is C50H34BN3O. The zero-order valence-electron chi connectivity index (χ0n) is 30.5. The molecule has 0 atom stereocenters. The molecule has 2 aliphatic rings. The standard InChI is InChI=1S/C50H34BN3O/c1-31-24-25-43(32(2)26-31)54-45-29-40-37-19-10-12-23-47(37)55-48(40)30-39(45)41-27-35(52(33-14-5-3-6-15-33)34-16-7-4-8-17-34)28-46-49(41)51(54)42-21-13-20-38-36-18-9-11-22-44(36)53(46)50(38)42/h3-30H,1-2H3. The summed E-state index contributed by atoms with van der Waals surface area (Å²) >= 11 is 0.